The van der Waals surface area contributed by atoms with E-state index in [-0.39, 0.29) is 30.7 Å². The number of nitrogens with one attached hydrogen (secondary N) is 1. The van der Waals surface area contributed by atoms with Crippen molar-refractivity contribution in [1.29, 1.82) is 0 Å². The summed E-state index contributed by atoms with van der Waals surface area (Å²) in [6, 6.07) is 25.6. The zero-order chi connectivity index (χ0) is 38.6. The molecule has 2 aliphatic heterocycles. The Bertz CT molecular complexity index is 1810. The summed E-state index contributed by atoms with van der Waals surface area (Å²) in [6.07, 6.45) is -4.24. The number of anilines is 1. The van der Waals surface area contributed by atoms with Crippen molar-refractivity contribution in [3.8, 4) is 5.75 Å². The van der Waals surface area contributed by atoms with Crippen LogP contribution >= 0.6 is 0 Å². The molecule has 4 aromatic rings. The smallest absolute Gasteiger partial charge is 0.256 e. The molecule has 3 heterocycles. The lowest BCUT2D eigenvalue weighted by Crippen LogP contribution is -2.60. The van der Waals surface area contributed by atoms with Crippen molar-refractivity contribution in [3.05, 3.63) is 102 Å². The number of carbonyl (C=O) groups excluding carboxylic acids is 1. The summed E-state index contributed by atoms with van der Waals surface area (Å²) < 4.78 is 19.3. The second kappa shape index (κ2) is 17.2. The Labute approximate surface area is 316 Å². The van der Waals surface area contributed by atoms with Crippen molar-refractivity contribution in [2.75, 3.05) is 19.0 Å². The highest BCUT2D eigenvalue weighted by molar-refractivity contribution is 6.91. The van der Waals surface area contributed by atoms with Gasteiger partial charge in [0.1, 0.15) is 24.1 Å². The summed E-state index contributed by atoms with van der Waals surface area (Å²) in [7, 11) is -0.411. The Balaban J connectivity index is 1.13. The number of carbonyl (C=O) groups is 1. The number of rotatable bonds is 14. The molecule has 2 aliphatic rings. The summed E-state index contributed by atoms with van der Waals surface area (Å²) in [6.45, 7) is 7.71. The molecular weight excluding hydrogens is 709 g/mol. The van der Waals surface area contributed by atoms with E-state index in [1.54, 1.807) is 19.2 Å². The molecule has 290 valence electrons. The van der Waals surface area contributed by atoms with Gasteiger partial charge in [-0.2, -0.15) is 0 Å². The summed E-state index contributed by atoms with van der Waals surface area (Å²) in [4.78, 5) is 12.8. The number of methoxy groups -OCH3 is 1. The van der Waals surface area contributed by atoms with E-state index in [2.05, 4.69) is 47.8 Å². The maximum Gasteiger partial charge on any atom is 0.256 e. The topological polar surface area (TPSA) is 189 Å². The SMILES string of the molecule is COc1ccc([Si](C)(C)[C@H]2[C@H](C)[C@H](CCc3ccc(NC(=O)[C@H]4O[C@@H](O)[C@H](O)[C@@H](O)[C@@H]4O)cc3)O[C@@H]2CCn2cc(C(CO)c3ccccc3)nn2)cc1. The highest BCUT2D eigenvalue weighted by Crippen LogP contribution is 2.46. The summed E-state index contributed by atoms with van der Waals surface area (Å²) in [5.74, 6) is 0.117. The number of ether oxygens (including phenoxy) is 3. The quantitative estimate of drug-likeness (QED) is 0.104. The third-order valence-corrected chi connectivity index (χ3v) is 15.7. The molecule has 54 heavy (non-hydrogen) atoms. The van der Waals surface area contributed by atoms with Crippen molar-refractivity contribution in [3.63, 3.8) is 0 Å². The van der Waals surface area contributed by atoms with Crippen LogP contribution in [-0.4, -0.2) is 111 Å². The molecule has 0 radical (unpaired) electrons. The number of hydrogen-bond donors (Lipinski definition) is 6. The third kappa shape index (κ3) is 8.61. The second-order valence-corrected chi connectivity index (χ2v) is 19.7. The van der Waals surface area contributed by atoms with E-state index < -0.39 is 44.7 Å². The van der Waals surface area contributed by atoms with E-state index in [4.69, 9.17) is 14.2 Å². The van der Waals surface area contributed by atoms with E-state index >= 15 is 0 Å². The predicted molar refractivity (Wildman–Crippen MR) is 204 cm³/mol. The molecule has 6 rings (SSSR count). The summed E-state index contributed by atoms with van der Waals surface area (Å²) in [5, 5.41) is 62.7. The van der Waals surface area contributed by atoms with Gasteiger partial charge in [0.2, 0.25) is 0 Å². The van der Waals surface area contributed by atoms with Gasteiger partial charge in [0.05, 0.1) is 45.6 Å². The number of amides is 1. The molecule has 1 amide bonds. The average molecular weight is 761 g/mol. The lowest BCUT2D eigenvalue weighted by atomic mass is 9.95. The van der Waals surface area contributed by atoms with Crippen LogP contribution < -0.4 is 15.2 Å². The minimum atomic E-state index is -2.09. The molecule has 1 aromatic heterocycles. The zero-order valence-electron chi connectivity index (χ0n) is 31.1. The minimum Gasteiger partial charge on any atom is -0.497 e. The molecule has 0 aliphatic carbocycles. The Morgan fingerprint density at radius 3 is 2.28 bits per heavy atom. The van der Waals surface area contributed by atoms with Crippen LogP contribution in [-0.2, 0) is 27.2 Å². The lowest BCUT2D eigenvalue weighted by Gasteiger charge is -2.37. The van der Waals surface area contributed by atoms with E-state index in [9.17, 15) is 30.3 Å². The highest BCUT2D eigenvalue weighted by atomic mass is 28.3. The van der Waals surface area contributed by atoms with Crippen molar-refractivity contribution in [2.24, 2.45) is 5.92 Å². The van der Waals surface area contributed by atoms with Gasteiger partial charge in [0.25, 0.3) is 5.91 Å². The zero-order valence-corrected chi connectivity index (χ0v) is 32.1. The second-order valence-electron chi connectivity index (χ2n) is 15.0. The molecule has 2 fully saturated rings. The number of aryl methyl sites for hydroxylation is 2. The monoisotopic (exact) mass is 760 g/mol. The molecule has 6 N–H and O–H groups in total. The first-order valence-electron chi connectivity index (χ1n) is 18.5. The van der Waals surface area contributed by atoms with Crippen molar-refractivity contribution in [1.82, 2.24) is 15.0 Å². The van der Waals surface area contributed by atoms with Crippen molar-refractivity contribution < 1.29 is 44.5 Å². The largest absolute Gasteiger partial charge is 0.497 e. The van der Waals surface area contributed by atoms with Gasteiger partial charge in [-0.3, -0.25) is 9.48 Å². The maximum absolute atomic E-state index is 12.8. The van der Waals surface area contributed by atoms with Crippen LogP contribution in [0.1, 0.15) is 42.5 Å². The molecule has 1 unspecified atom stereocenters. The number of aliphatic hydroxyl groups excluding tert-OH is 5. The van der Waals surface area contributed by atoms with Crippen LogP contribution in [0.5, 0.6) is 5.75 Å². The summed E-state index contributed by atoms with van der Waals surface area (Å²) >= 11 is 0. The van der Waals surface area contributed by atoms with Gasteiger partial charge in [-0.25, -0.2) is 0 Å². The Morgan fingerprint density at radius 2 is 1.61 bits per heavy atom. The first-order chi connectivity index (χ1) is 25.9. The van der Waals surface area contributed by atoms with Crippen LogP contribution in [0.3, 0.4) is 0 Å². The minimum absolute atomic E-state index is 0.00252. The van der Waals surface area contributed by atoms with Gasteiger partial charge in [-0.15, -0.1) is 5.10 Å². The average Bonchev–Trinajstić information content (AvgIpc) is 3.78. The van der Waals surface area contributed by atoms with Gasteiger partial charge < -0.3 is 45.1 Å². The van der Waals surface area contributed by atoms with Gasteiger partial charge in [0, 0.05) is 18.4 Å². The van der Waals surface area contributed by atoms with E-state index in [0.717, 1.165) is 41.8 Å². The number of aromatic nitrogens is 3. The lowest BCUT2D eigenvalue weighted by molar-refractivity contribution is -0.274. The van der Waals surface area contributed by atoms with Gasteiger partial charge >= 0.3 is 0 Å². The van der Waals surface area contributed by atoms with Crippen LogP contribution in [0.4, 0.5) is 5.69 Å². The normalized spacial score (nSPS) is 27.8. The van der Waals surface area contributed by atoms with Gasteiger partial charge in [0.15, 0.2) is 12.4 Å². The maximum atomic E-state index is 12.8. The number of aliphatic hydroxyl groups is 5. The van der Waals surface area contributed by atoms with Crippen LogP contribution in [0, 0.1) is 5.92 Å². The Kier molecular flexibility index (Phi) is 12.7. The molecule has 2 saturated heterocycles. The standard InChI is InChI=1S/C40H52N4O9Si/c1-24-32(19-12-25-10-13-27(14-11-25)41-39(49)37-35(47)34(46)36(48)40(50)53-37)52-33(38(24)54(3,4)29-17-15-28(51-2)16-18-29)20-21-44-22-31(42-43-44)30(23-45)26-8-6-5-7-9-26/h5-11,13-18,22,24,30,32-38,40,45-48,50H,12,19-21,23H2,1-4H3,(H,41,49)/t24-,30?,32+,33-,34+,35+,36-,37+,38+,40-/m1/s1. The Morgan fingerprint density at radius 1 is 0.907 bits per heavy atom. The fraction of sp³-hybridized carbons (Fsp3) is 0.475. The first kappa shape index (κ1) is 39.7. The van der Waals surface area contributed by atoms with Crippen LogP contribution in [0.25, 0.3) is 0 Å². The summed E-state index contributed by atoms with van der Waals surface area (Å²) in [5.41, 5.74) is 3.56. The number of hydrogen-bond acceptors (Lipinski definition) is 11. The van der Waals surface area contributed by atoms with Crippen LogP contribution in [0.15, 0.2) is 85.1 Å². The van der Waals surface area contributed by atoms with Gasteiger partial charge in [-0.05, 0) is 66.1 Å². The fourth-order valence-corrected chi connectivity index (χ4v) is 12.3. The van der Waals surface area contributed by atoms with E-state index in [0.29, 0.717) is 17.8 Å². The molecule has 14 heteroatoms. The van der Waals surface area contributed by atoms with Crippen molar-refractivity contribution >= 4 is 24.9 Å². The van der Waals surface area contributed by atoms with Crippen LogP contribution in [0.2, 0.25) is 18.6 Å². The van der Waals surface area contributed by atoms with Crippen molar-refractivity contribution in [2.45, 2.75) is 100 Å². The molecule has 10 atom stereocenters. The molecule has 13 nitrogen and oxygen atoms in total. The van der Waals surface area contributed by atoms with E-state index in [1.807, 2.05) is 65.5 Å². The third-order valence-electron chi connectivity index (χ3n) is 11.3. The number of nitrogens with zero attached hydrogens (tertiary/aromatic N) is 3. The fourth-order valence-electron chi connectivity index (χ4n) is 8.17. The molecular formula is C40H52N4O9Si. The molecule has 3 aromatic carbocycles. The first-order valence-corrected chi connectivity index (χ1v) is 21.6. The molecule has 0 spiro atoms. The molecule has 0 bridgehead atoms. The van der Waals surface area contributed by atoms with E-state index in [1.165, 1.54) is 5.19 Å². The Hall–Kier alpha value is -3.99. The predicted octanol–water partition coefficient (Wildman–Crippen LogP) is 2.56. The number of benzene rings is 3. The van der Waals surface area contributed by atoms with Gasteiger partial charge in [-0.1, -0.05) is 85.0 Å². The molecule has 0 saturated carbocycles. The highest BCUT2D eigenvalue weighted by Gasteiger charge is 2.50.